The number of carbonyl (C=O) groups excluding carboxylic acids is 1. The van der Waals surface area contributed by atoms with Gasteiger partial charge in [0.25, 0.3) is 10.0 Å². The minimum atomic E-state index is -3.76. The van der Waals surface area contributed by atoms with Crippen molar-refractivity contribution in [2.45, 2.75) is 4.90 Å². The zero-order valence-corrected chi connectivity index (χ0v) is 16.1. The number of nitrogens with zero attached hydrogens (tertiary/aromatic N) is 1. The molecule has 0 saturated heterocycles. The lowest BCUT2D eigenvalue weighted by Gasteiger charge is -2.08. The van der Waals surface area contributed by atoms with Gasteiger partial charge in [0.2, 0.25) is 5.91 Å². The zero-order valence-electron chi connectivity index (χ0n) is 14.5. The SMILES string of the molecule is O=C(/C=C/c1cccc(Cl)c1)Nc1ccc(S(=O)(=O)Nc2ccccn2)cc1. The Balaban J connectivity index is 1.64. The predicted octanol–water partition coefficient (Wildman–Crippen LogP) is 4.19. The summed E-state index contributed by atoms with van der Waals surface area (Å²) >= 11 is 5.90. The van der Waals surface area contributed by atoms with E-state index in [2.05, 4.69) is 15.0 Å². The Morgan fingerprint density at radius 3 is 2.46 bits per heavy atom. The number of carbonyl (C=O) groups is 1. The summed E-state index contributed by atoms with van der Waals surface area (Å²) in [6.07, 6.45) is 4.50. The molecule has 0 fully saturated rings. The summed E-state index contributed by atoms with van der Waals surface area (Å²) in [7, 11) is -3.76. The molecule has 0 aliphatic heterocycles. The van der Waals surface area contributed by atoms with Crippen LogP contribution >= 0.6 is 11.6 Å². The number of rotatable bonds is 6. The van der Waals surface area contributed by atoms with Gasteiger partial charge in [-0.1, -0.05) is 29.8 Å². The van der Waals surface area contributed by atoms with Crippen molar-refractivity contribution >= 4 is 45.1 Å². The quantitative estimate of drug-likeness (QED) is 0.593. The van der Waals surface area contributed by atoms with E-state index in [0.29, 0.717) is 10.7 Å². The van der Waals surface area contributed by atoms with Crippen LogP contribution in [0.4, 0.5) is 11.5 Å². The molecule has 3 rings (SSSR count). The van der Waals surface area contributed by atoms with E-state index in [9.17, 15) is 13.2 Å². The maximum Gasteiger partial charge on any atom is 0.263 e. The van der Waals surface area contributed by atoms with E-state index in [4.69, 9.17) is 11.6 Å². The molecule has 3 aromatic rings. The Hall–Kier alpha value is -3.16. The highest BCUT2D eigenvalue weighted by Gasteiger charge is 2.14. The van der Waals surface area contributed by atoms with Crippen LogP contribution in [-0.4, -0.2) is 19.3 Å². The molecule has 28 heavy (non-hydrogen) atoms. The van der Waals surface area contributed by atoms with E-state index < -0.39 is 10.0 Å². The van der Waals surface area contributed by atoms with Gasteiger partial charge in [-0.15, -0.1) is 0 Å². The molecular weight excluding hydrogens is 398 g/mol. The first-order valence-electron chi connectivity index (χ1n) is 8.21. The molecule has 2 aromatic carbocycles. The minimum absolute atomic E-state index is 0.0608. The van der Waals surface area contributed by atoms with Crippen LogP contribution in [0.25, 0.3) is 6.08 Å². The smallest absolute Gasteiger partial charge is 0.263 e. The van der Waals surface area contributed by atoms with Crippen LogP contribution in [0.15, 0.2) is 83.9 Å². The molecule has 0 atom stereocenters. The summed E-state index contributed by atoms with van der Waals surface area (Å²) in [6, 6.07) is 17.9. The van der Waals surface area contributed by atoms with E-state index in [1.165, 1.54) is 36.5 Å². The van der Waals surface area contributed by atoms with Gasteiger partial charge in [-0.05, 0) is 60.2 Å². The summed E-state index contributed by atoms with van der Waals surface area (Å²) in [6.45, 7) is 0. The molecule has 0 saturated carbocycles. The highest BCUT2D eigenvalue weighted by molar-refractivity contribution is 7.92. The second-order valence-electron chi connectivity index (χ2n) is 5.72. The van der Waals surface area contributed by atoms with Gasteiger partial charge in [0.15, 0.2) is 0 Å². The second kappa shape index (κ2) is 8.69. The molecule has 8 heteroatoms. The van der Waals surface area contributed by atoms with Crippen molar-refractivity contribution < 1.29 is 13.2 Å². The van der Waals surface area contributed by atoms with Crippen molar-refractivity contribution in [1.29, 1.82) is 0 Å². The monoisotopic (exact) mass is 413 g/mol. The molecule has 1 amide bonds. The third-order valence-electron chi connectivity index (χ3n) is 3.61. The van der Waals surface area contributed by atoms with Crippen LogP contribution < -0.4 is 10.0 Å². The lowest BCUT2D eigenvalue weighted by molar-refractivity contribution is -0.111. The fourth-order valence-electron chi connectivity index (χ4n) is 2.30. The molecule has 0 radical (unpaired) electrons. The molecule has 142 valence electrons. The maximum atomic E-state index is 12.4. The Kier molecular flexibility index (Phi) is 6.08. The van der Waals surface area contributed by atoms with Gasteiger partial charge in [-0.25, -0.2) is 13.4 Å². The second-order valence-corrected chi connectivity index (χ2v) is 7.84. The third-order valence-corrected chi connectivity index (χ3v) is 5.22. The van der Waals surface area contributed by atoms with Gasteiger partial charge in [0.1, 0.15) is 5.82 Å². The van der Waals surface area contributed by atoms with Gasteiger partial charge in [-0.3, -0.25) is 9.52 Å². The van der Waals surface area contributed by atoms with Crippen molar-refractivity contribution in [3.05, 3.63) is 89.6 Å². The highest BCUT2D eigenvalue weighted by atomic mass is 35.5. The average Bonchev–Trinajstić information content (AvgIpc) is 2.67. The summed E-state index contributed by atoms with van der Waals surface area (Å²) in [5.41, 5.74) is 1.27. The summed E-state index contributed by atoms with van der Waals surface area (Å²) in [5, 5.41) is 3.25. The molecule has 0 spiro atoms. The van der Waals surface area contributed by atoms with E-state index in [1.807, 2.05) is 6.07 Å². The molecular formula is C20H16ClN3O3S. The summed E-state index contributed by atoms with van der Waals surface area (Å²) < 4.78 is 27.1. The summed E-state index contributed by atoms with van der Waals surface area (Å²) in [4.78, 5) is 16.0. The van der Waals surface area contributed by atoms with E-state index in [1.54, 1.807) is 42.5 Å². The Bertz CT molecular complexity index is 1100. The molecule has 1 heterocycles. The molecule has 1 aromatic heterocycles. The van der Waals surface area contributed by atoms with E-state index >= 15 is 0 Å². The van der Waals surface area contributed by atoms with Gasteiger partial charge in [0, 0.05) is 23.0 Å². The Labute approximate surface area is 167 Å². The van der Waals surface area contributed by atoms with Gasteiger partial charge < -0.3 is 5.32 Å². The Morgan fingerprint density at radius 1 is 1.00 bits per heavy atom. The lowest BCUT2D eigenvalue weighted by atomic mass is 10.2. The van der Waals surface area contributed by atoms with Crippen molar-refractivity contribution in [3.63, 3.8) is 0 Å². The number of halogens is 1. The number of hydrogen-bond donors (Lipinski definition) is 2. The normalized spacial score (nSPS) is 11.3. The summed E-state index contributed by atoms with van der Waals surface area (Å²) in [5.74, 6) is -0.117. The van der Waals surface area contributed by atoms with Crippen molar-refractivity contribution in [2.24, 2.45) is 0 Å². The van der Waals surface area contributed by atoms with Crippen LogP contribution in [0.2, 0.25) is 5.02 Å². The van der Waals surface area contributed by atoms with Gasteiger partial charge in [-0.2, -0.15) is 0 Å². The molecule has 0 bridgehead atoms. The van der Waals surface area contributed by atoms with Crippen LogP contribution in [0.3, 0.4) is 0 Å². The lowest BCUT2D eigenvalue weighted by Crippen LogP contribution is -2.14. The standard InChI is InChI=1S/C20H16ClN3O3S/c21-16-5-3-4-15(14-16)7-12-20(25)23-17-8-10-18(11-9-17)28(26,27)24-19-6-1-2-13-22-19/h1-14H,(H,22,24)(H,23,25)/b12-7+. The van der Waals surface area contributed by atoms with Crippen LogP contribution in [0.1, 0.15) is 5.56 Å². The van der Waals surface area contributed by atoms with Crippen LogP contribution in [0.5, 0.6) is 0 Å². The first-order chi connectivity index (χ1) is 13.4. The number of amides is 1. The molecule has 0 aliphatic carbocycles. The number of nitrogens with one attached hydrogen (secondary N) is 2. The topological polar surface area (TPSA) is 88.2 Å². The average molecular weight is 414 g/mol. The number of anilines is 2. The van der Waals surface area contributed by atoms with E-state index in [-0.39, 0.29) is 16.6 Å². The van der Waals surface area contributed by atoms with Crippen LogP contribution in [-0.2, 0) is 14.8 Å². The highest BCUT2D eigenvalue weighted by Crippen LogP contribution is 2.17. The van der Waals surface area contributed by atoms with E-state index in [0.717, 1.165) is 5.56 Å². The minimum Gasteiger partial charge on any atom is -0.323 e. The number of aromatic nitrogens is 1. The van der Waals surface area contributed by atoms with Gasteiger partial charge >= 0.3 is 0 Å². The fraction of sp³-hybridized carbons (Fsp3) is 0. The molecule has 0 unspecified atom stereocenters. The predicted molar refractivity (Wildman–Crippen MR) is 111 cm³/mol. The molecule has 0 aliphatic rings. The molecule has 6 nitrogen and oxygen atoms in total. The number of hydrogen-bond acceptors (Lipinski definition) is 4. The first-order valence-corrected chi connectivity index (χ1v) is 10.1. The number of sulfonamides is 1. The van der Waals surface area contributed by atoms with Crippen molar-refractivity contribution in [3.8, 4) is 0 Å². The fourth-order valence-corrected chi connectivity index (χ4v) is 3.51. The van der Waals surface area contributed by atoms with Crippen molar-refractivity contribution in [1.82, 2.24) is 4.98 Å². The Morgan fingerprint density at radius 2 is 1.79 bits per heavy atom. The largest absolute Gasteiger partial charge is 0.323 e. The van der Waals surface area contributed by atoms with Crippen LogP contribution in [0, 0.1) is 0 Å². The van der Waals surface area contributed by atoms with Crippen molar-refractivity contribution in [2.75, 3.05) is 10.0 Å². The number of benzene rings is 2. The van der Waals surface area contributed by atoms with Gasteiger partial charge in [0.05, 0.1) is 4.90 Å². The third kappa shape index (κ3) is 5.42. The first kappa shape index (κ1) is 19.6. The molecule has 2 N–H and O–H groups in total. The number of pyridine rings is 1. The zero-order chi connectivity index (χ0) is 20.0. The maximum absolute atomic E-state index is 12.4.